The number of hydrogen-bond donors (Lipinski definition) is 0. The molecule has 2 aromatic rings. The lowest BCUT2D eigenvalue weighted by Crippen LogP contribution is -2.25. The van der Waals surface area contributed by atoms with Crippen molar-refractivity contribution < 1.29 is 14.3 Å². The van der Waals surface area contributed by atoms with Crippen molar-refractivity contribution in [2.45, 2.75) is 54.1 Å². The van der Waals surface area contributed by atoms with Gasteiger partial charge in [0.1, 0.15) is 11.5 Å². The van der Waals surface area contributed by atoms with Gasteiger partial charge in [-0.25, -0.2) is 0 Å². The molecular weight excluding hydrogens is 392 g/mol. The van der Waals surface area contributed by atoms with Gasteiger partial charge in [-0.2, -0.15) is 0 Å². The zero-order valence-corrected chi connectivity index (χ0v) is 19.6. The highest BCUT2D eigenvalue weighted by molar-refractivity contribution is 7.80. The first-order valence-corrected chi connectivity index (χ1v) is 11.1. The van der Waals surface area contributed by atoms with Crippen LogP contribution in [0.5, 0.6) is 11.5 Å². The van der Waals surface area contributed by atoms with Crippen molar-refractivity contribution in [1.29, 1.82) is 0 Å². The first-order chi connectivity index (χ1) is 14.1. The monoisotopic (exact) mass is 424 g/mol. The first-order valence-electron chi connectivity index (χ1n) is 10.7. The van der Waals surface area contributed by atoms with Crippen molar-refractivity contribution in [1.82, 2.24) is 0 Å². The Morgan fingerprint density at radius 2 is 1.60 bits per heavy atom. The number of benzene rings is 2. The van der Waals surface area contributed by atoms with Crippen LogP contribution in [0.2, 0.25) is 0 Å². The molecule has 0 N–H and O–H groups in total. The summed E-state index contributed by atoms with van der Waals surface area (Å²) in [5, 5.41) is 0. The number of carbonyl (C=O) groups excluding carboxylic acids is 1. The summed E-state index contributed by atoms with van der Waals surface area (Å²) in [6.07, 6.45) is 0.335. The molecular formula is C26H32O3S. The van der Waals surface area contributed by atoms with E-state index in [4.69, 9.17) is 21.7 Å². The molecule has 2 unspecified atom stereocenters. The van der Waals surface area contributed by atoms with Crippen LogP contribution in [0.4, 0.5) is 0 Å². The molecule has 0 aliphatic heterocycles. The third kappa shape index (κ3) is 4.29. The Kier molecular flexibility index (Phi) is 6.37. The van der Waals surface area contributed by atoms with E-state index in [0.717, 1.165) is 22.6 Å². The van der Waals surface area contributed by atoms with Gasteiger partial charge in [-0.15, -0.1) is 0 Å². The number of hydrogen-bond acceptors (Lipinski definition) is 4. The molecule has 1 aliphatic rings. The van der Waals surface area contributed by atoms with Gasteiger partial charge in [0.05, 0.1) is 5.92 Å². The van der Waals surface area contributed by atoms with E-state index in [1.54, 1.807) is 0 Å². The number of carbonyl (C=O) groups is 1. The van der Waals surface area contributed by atoms with Crippen LogP contribution >= 0.6 is 12.2 Å². The second-order valence-electron chi connectivity index (χ2n) is 9.39. The van der Waals surface area contributed by atoms with Gasteiger partial charge in [-0.05, 0) is 47.4 Å². The molecule has 0 radical (unpaired) electrons. The van der Waals surface area contributed by atoms with Crippen molar-refractivity contribution in [3.8, 4) is 11.5 Å². The molecule has 1 saturated carbocycles. The quantitative estimate of drug-likeness (QED) is 0.333. The summed E-state index contributed by atoms with van der Waals surface area (Å²) < 4.78 is 12.1. The SMILES string of the molecule is CCC(C)C(=S)C(OC(=O)C1C(C)(C)C1(C)C)c1cccc(Oc2ccccc2)c1. The van der Waals surface area contributed by atoms with Crippen molar-refractivity contribution in [3.63, 3.8) is 0 Å². The highest BCUT2D eigenvalue weighted by Gasteiger charge is 2.69. The van der Waals surface area contributed by atoms with E-state index in [-0.39, 0.29) is 28.6 Å². The van der Waals surface area contributed by atoms with Gasteiger partial charge in [0.25, 0.3) is 0 Å². The number of para-hydroxylation sites is 1. The number of thiocarbonyl (C=S) groups is 1. The maximum Gasteiger partial charge on any atom is 0.311 e. The fourth-order valence-corrected chi connectivity index (χ4v) is 4.44. The Morgan fingerprint density at radius 3 is 2.17 bits per heavy atom. The summed E-state index contributed by atoms with van der Waals surface area (Å²) in [5.41, 5.74) is 0.689. The molecule has 4 heteroatoms. The maximum atomic E-state index is 13.1. The molecule has 30 heavy (non-hydrogen) atoms. The summed E-state index contributed by atoms with van der Waals surface area (Å²) in [4.78, 5) is 13.8. The van der Waals surface area contributed by atoms with Crippen LogP contribution in [-0.4, -0.2) is 10.8 Å². The van der Waals surface area contributed by atoms with E-state index in [1.807, 2.05) is 54.6 Å². The highest BCUT2D eigenvalue weighted by Crippen LogP contribution is 2.68. The summed E-state index contributed by atoms with van der Waals surface area (Å²) in [7, 11) is 0. The van der Waals surface area contributed by atoms with Gasteiger partial charge in [-0.3, -0.25) is 4.79 Å². The lowest BCUT2D eigenvalue weighted by Gasteiger charge is -2.24. The van der Waals surface area contributed by atoms with Crippen molar-refractivity contribution in [2.75, 3.05) is 0 Å². The lowest BCUT2D eigenvalue weighted by atomic mass is 9.95. The van der Waals surface area contributed by atoms with Crippen LogP contribution in [0.25, 0.3) is 0 Å². The molecule has 0 aromatic heterocycles. The van der Waals surface area contributed by atoms with Crippen LogP contribution < -0.4 is 4.74 Å². The molecule has 0 amide bonds. The Labute approximate surface area is 185 Å². The maximum absolute atomic E-state index is 13.1. The molecule has 0 saturated heterocycles. The number of ether oxygens (including phenoxy) is 2. The average Bonchev–Trinajstić information content (AvgIpc) is 3.14. The van der Waals surface area contributed by atoms with Gasteiger partial charge in [-0.1, -0.05) is 84.1 Å². The molecule has 0 spiro atoms. The summed E-state index contributed by atoms with van der Waals surface area (Å²) in [6, 6.07) is 17.3. The van der Waals surface area contributed by atoms with Crippen molar-refractivity contribution in [2.24, 2.45) is 22.7 Å². The summed E-state index contributed by atoms with van der Waals surface area (Å²) in [6.45, 7) is 12.7. The molecule has 2 atom stereocenters. The highest BCUT2D eigenvalue weighted by atomic mass is 32.1. The van der Waals surface area contributed by atoms with Gasteiger partial charge >= 0.3 is 5.97 Å². The molecule has 3 rings (SSSR count). The number of rotatable bonds is 8. The first kappa shape index (κ1) is 22.5. The average molecular weight is 425 g/mol. The normalized spacial score (nSPS) is 18.9. The number of esters is 1. The second-order valence-corrected chi connectivity index (χ2v) is 9.86. The van der Waals surface area contributed by atoms with Crippen LogP contribution in [0.15, 0.2) is 54.6 Å². The zero-order valence-electron chi connectivity index (χ0n) is 18.8. The minimum atomic E-state index is -0.561. The van der Waals surface area contributed by atoms with Gasteiger partial charge in [0, 0.05) is 10.4 Å². The van der Waals surface area contributed by atoms with E-state index in [9.17, 15) is 4.79 Å². The predicted molar refractivity (Wildman–Crippen MR) is 125 cm³/mol. The minimum absolute atomic E-state index is 0.0785. The third-order valence-corrected chi connectivity index (χ3v) is 7.60. The van der Waals surface area contributed by atoms with Gasteiger partial charge < -0.3 is 9.47 Å². The van der Waals surface area contributed by atoms with E-state index >= 15 is 0 Å². The van der Waals surface area contributed by atoms with E-state index < -0.39 is 6.10 Å². The largest absolute Gasteiger partial charge is 0.457 e. The molecule has 1 fully saturated rings. The van der Waals surface area contributed by atoms with Crippen molar-refractivity contribution in [3.05, 3.63) is 60.2 Å². The lowest BCUT2D eigenvalue weighted by molar-refractivity contribution is -0.149. The van der Waals surface area contributed by atoms with Crippen LogP contribution in [0.1, 0.15) is 59.6 Å². The van der Waals surface area contributed by atoms with Crippen LogP contribution in [0.3, 0.4) is 0 Å². The molecule has 0 heterocycles. The second kappa shape index (κ2) is 8.50. The summed E-state index contributed by atoms with van der Waals surface area (Å²) in [5.74, 6) is 1.32. The van der Waals surface area contributed by atoms with E-state index in [0.29, 0.717) is 5.75 Å². The molecule has 3 nitrogen and oxygen atoms in total. The van der Waals surface area contributed by atoms with Gasteiger partial charge in [0.15, 0.2) is 6.10 Å². The van der Waals surface area contributed by atoms with Gasteiger partial charge in [0.2, 0.25) is 0 Å². The topological polar surface area (TPSA) is 35.5 Å². The smallest absolute Gasteiger partial charge is 0.311 e. The Bertz CT molecular complexity index is 903. The molecule has 1 aliphatic carbocycles. The van der Waals surface area contributed by atoms with E-state index in [2.05, 4.69) is 41.5 Å². The molecule has 160 valence electrons. The fourth-order valence-electron chi connectivity index (χ4n) is 4.09. The minimum Gasteiger partial charge on any atom is -0.457 e. The van der Waals surface area contributed by atoms with Crippen LogP contribution in [-0.2, 0) is 9.53 Å². The zero-order chi connectivity index (χ0) is 22.1. The van der Waals surface area contributed by atoms with Crippen LogP contribution in [0, 0.1) is 22.7 Å². The van der Waals surface area contributed by atoms with Crippen molar-refractivity contribution >= 4 is 23.1 Å². The molecule has 2 aromatic carbocycles. The Hall–Kier alpha value is -2.20. The third-order valence-electron chi connectivity index (χ3n) is 6.99. The predicted octanol–water partition coefficient (Wildman–Crippen LogP) is 7.16. The fraction of sp³-hybridized carbons (Fsp3) is 0.462. The molecule has 0 bridgehead atoms. The summed E-state index contributed by atoms with van der Waals surface area (Å²) >= 11 is 5.77. The van der Waals surface area contributed by atoms with E-state index in [1.165, 1.54) is 0 Å². The Morgan fingerprint density at radius 1 is 1.00 bits per heavy atom. The standard InChI is InChI=1S/C26H32O3S/c1-7-17(2)22(30)21(29-24(27)23-25(3,4)26(23,5)6)18-12-11-15-20(16-18)28-19-13-9-8-10-14-19/h8-17,21,23H,7H2,1-6H3. The Balaban J connectivity index is 1.87.